The van der Waals surface area contributed by atoms with Crippen LogP contribution in [0.3, 0.4) is 0 Å². The van der Waals surface area contributed by atoms with Crippen LogP contribution < -0.4 is 0 Å². The van der Waals surface area contributed by atoms with E-state index in [0.717, 1.165) is 19.5 Å². The number of halogens is 1. The molecule has 1 aromatic carbocycles. The van der Waals surface area contributed by atoms with Crippen LogP contribution in [-0.4, -0.2) is 23.2 Å². The lowest BCUT2D eigenvalue weighted by molar-refractivity contribution is 0.647. The molecule has 4 rings (SSSR count). The molecule has 2 aromatic rings. The highest BCUT2D eigenvalue weighted by molar-refractivity contribution is 8.93. The van der Waals surface area contributed by atoms with Gasteiger partial charge in [0.2, 0.25) is 0 Å². The number of fused-ring (bicyclic) bond motifs is 2. The van der Waals surface area contributed by atoms with Crippen molar-refractivity contribution in [3.05, 3.63) is 40.1 Å². The molecule has 0 fully saturated rings. The maximum Gasteiger partial charge on any atom is 0.168 e. The van der Waals surface area contributed by atoms with Crippen LogP contribution >= 0.6 is 40.1 Å². The molecule has 0 bridgehead atoms. The highest BCUT2D eigenvalue weighted by Crippen LogP contribution is 2.45. The summed E-state index contributed by atoms with van der Waals surface area (Å²) in [4.78, 5) is 8.46. The Kier molecular flexibility index (Phi) is 3.93. The molecule has 2 aliphatic rings. The predicted molar refractivity (Wildman–Crippen MR) is 96.0 cm³/mol. The number of thioether (sulfide) groups is 1. The normalized spacial score (nSPS) is 17.4. The van der Waals surface area contributed by atoms with E-state index in [1.54, 1.807) is 0 Å². The summed E-state index contributed by atoms with van der Waals surface area (Å²) >= 11 is 3.69. The van der Waals surface area contributed by atoms with Gasteiger partial charge in [0, 0.05) is 32.5 Å². The maximum absolute atomic E-state index is 4.60. The molecule has 20 heavy (non-hydrogen) atoms. The van der Waals surface area contributed by atoms with E-state index in [-0.39, 0.29) is 17.0 Å². The number of hydrogen-bond acceptors (Lipinski definition) is 4. The number of allylic oxidation sites excluding steroid dienone is 1. The molecule has 2 nitrogen and oxygen atoms in total. The molecular weight excluding hydrogens is 352 g/mol. The Hall–Kier alpha value is -0.780. The van der Waals surface area contributed by atoms with Gasteiger partial charge in [0.05, 0.1) is 12.2 Å². The maximum atomic E-state index is 4.60. The molecule has 0 saturated heterocycles. The van der Waals surface area contributed by atoms with Crippen LogP contribution in [0.5, 0.6) is 0 Å². The summed E-state index contributed by atoms with van der Waals surface area (Å²) in [6.45, 7) is 4.20. The van der Waals surface area contributed by atoms with Gasteiger partial charge in [-0.1, -0.05) is 36.9 Å². The number of aliphatic imine (C=N–C) groups is 1. The molecule has 0 N–H and O–H groups in total. The SMILES string of the molecule is Br.CCC1=C(c2csc3ccccc23)N2CCN=C2S1. The second-order valence-electron chi connectivity index (χ2n) is 4.69. The molecule has 0 amide bonds. The lowest BCUT2D eigenvalue weighted by Crippen LogP contribution is -2.19. The fourth-order valence-corrected chi connectivity index (χ4v) is 4.80. The highest BCUT2D eigenvalue weighted by Gasteiger charge is 2.32. The number of hydrogen-bond donors (Lipinski definition) is 0. The first-order chi connectivity index (χ1) is 9.38. The second kappa shape index (κ2) is 5.54. The van der Waals surface area contributed by atoms with Crippen molar-refractivity contribution >= 4 is 61.0 Å². The fourth-order valence-electron chi connectivity index (χ4n) is 2.73. The minimum Gasteiger partial charge on any atom is -0.318 e. The molecule has 3 heterocycles. The number of nitrogens with zero attached hydrogens (tertiary/aromatic N) is 2. The smallest absolute Gasteiger partial charge is 0.168 e. The Balaban J connectivity index is 0.00000121. The summed E-state index contributed by atoms with van der Waals surface area (Å²) in [7, 11) is 0. The van der Waals surface area contributed by atoms with Crippen molar-refractivity contribution in [2.24, 2.45) is 4.99 Å². The van der Waals surface area contributed by atoms with Gasteiger partial charge >= 0.3 is 0 Å². The van der Waals surface area contributed by atoms with E-state index in [4.69, 9.17) is 0 Å². The highest BCUT2D eigenvalue weighted by atomic mass is 79.9. The monoisotopic (exact) mass is 366 g/mol. The van der Waals surface area contributed by atoms with Gasteiger partial charge in [-0.2, -0.15) is 0 Å². The lowest BCUT2D eigenvalue weighted by atomic mass is 10.1. The van der Waals surface area contributed by atoms with Gasteiger partial charge in [0.25, 0.3) is 0 Å². The second-order valence-corrected chi connectivity index (χ2v) is 6.66. The number of thiophene rings is 1. The zero-order valence-electron chi connectivity index (χ0n) is 11.1. The molecule has 0 aliphatic carbocycles. The minimum atomic E-state index is 0. The molecule has 2 aliphatic heterocycles. The van der Waals surface area contributed by atoms with Crippen molar-refractivity contribution in [2.75, 3.05) is 13.1 Å². The van der Waals surface area contributed by atoms with Crippen LogP contribution in [0.15, 0.2) is 39.5 Å². The summed E-state index contributed by atoms with van der Waals surface area (Å²) in [5, 5.41) is 4.88. The molecule has 0 radical (unpaired) electrons. The third-order valence-corrected chi connectivity index (χ3v) is 5.83. The zero-order valence-corrected chi connectivity index (χ0v) is 14.5. The quantitative estimate of drug-likeness (QED) is 0.744. The molecule has 5 heteroatoms. The Labute approximate surface area is 137 Å². The Morgan fingerprint density at radius 3 is 3.00 bits per heavy atom. The van der Waals surface area contributed by atoms with Crippen molar-refractivity contribution in [2.45, 2.75) is 13.3 Å². The topological polar surface area (TPSA) is 15.6 Å². The van der Waals surface area contributed by atoms with E-state index in [1.807, 2.05) is 23.1 Å². The van der Waals surface area contributed by atoms with Gasteiger partial charge in [-0.05, 0) is 12.5 Å². The van der Waals surface area contributed by atoms with E-state index in [9.17, 15) is 0 Å². The summed E-state index contributed by atoms with van der Waals surface area (Å²) in [6.07, 6.45) is 1.08. The lowest BCUT2D eigenvalue weighted by Gasteiger charge is -2.16. The van der Waals surface area contributed by atoms with Crippen molar-refractivity contribution in [1.29, 1.82) is 0 Å². The van der Waals surface area contributed by atoms with Crippen molar-refractivity contribution in [3.8, 4) is 0 Å². The van der Waals surface area contributed by atoms with Gasteiger partial charge < -0.3 is 4.90 Å². The Bertz CT molecular complexity index is 717. The first kappa shape index (κ1) is 14.2. The van der Waals surface area contributed by atoms with E-state index in [0.29, 0.717) is 0 Å². The summed E-state index contributed by atoms with van der Waals surface area (Å²) in [6, 6.07) is 8.68. The van der Waals surface area contributed by atoms with Gasteiger partial charge in [-0.25, -0.2) is 0 Å². The average molecular weight is 367 g/mol. The van der Waals surface area contributed by atoms with E-state index < -0.39 is 0 Å². The number of amidine groups is 1. The van der Waals surface area contributed by atoms with Crippen LogP contribution in [-0.2, 0) is 0 Å². The van der Waals surface area contributed by atoms with Crippen molar-refractivity contribution in [1.82, 2.24) is 4.90 Å². The minimum absolute atomic E-state index is 0. The van der Waals surface area contributed by atoms with Crippen LogP contribution in [0.25, 0.3) is 15.8 Å². The molecule has 1 aromatic heterocycles. The molecule has 0 unspecified atom stereocenters. The molecule has 104 valence electrons. The third-order valence-electron chi connectivity index (χ3n) is 3.61. The first-order valence-electron chi connectivity index (χ1n) is 6.58. The summed E-state index contributed by atoms with van der Waals surface area (Å²) < 4.78 is 1.37. The first-order valence-corrected chi connectivity index (χ1v) is 8.27. The largest absolute Gasteiger partial charge is 0.318 e. The van der Waals surface area contributed by atoms with Crippen molar-refractivity contribution < 1.29 is 0 Å². The Morgan fingerprint density at radius 1 is 1.30 bits per heavy atom. The van der Waals surface area contributed by atoms with Gasteiger partial charge in [-0.3, -0.25) is 4.99 Å². The molecular formula is C15H15BrN2S2. The summed E-state index contributed by atoms with van der Waals surface area (Å²) in [5.41, 5.74) is 2.79. The van der Waals surface area contributed by atoms with Crippen LogP contribution in [0.2, 0.25) is 0 Å². The number of benzene rings is 1. The standard InChI is InChI=1S/C15H14N2S2.BrH/c1-2-12-14(17-8-7-16-15(17)19-12)11-9-18-13-6-4-3-5-10(11)13;/h3-6,9H,2,7-8H2,1H3;1H. The predicted octanol–water partition coefficient (Wildman–Crippen LogP) is 4.98. The van der Waals surface area contributed by atoms with Crippen molar-refractivity contribution in [3.63, 3.8) is 0 Å². The van der Waals surface area contributed by atoms with Gasteiger partial charge in [0.15, 0.2) is 5.17 Å². The zero-order chi connectivity index (χ0) is 12.8. The number of rotatable bonds is 2. The van der Waals surface area contributed by atoms with Crippen LogP contribution in [0.4, 0.5) is 0 Å². The van der Waals surface area contributed by atoms with Gasteiger partial charge in [0.1, 0.15) is 0 Å². The fraction of sp³-hybridized carbons (Fsp3) is 0.267. The molecule has 0 saturated carbocycles. The van der Waals surface area contributed by atoms with E-state index in [1.165, 1.54) is 31.4 Å². The third kappa shape index (κ3) is 2.03. The van der Waals surface area contributed by atoms with E-state index >= 15 is 0 Å². The van der Waals surface area contributed by atoms with Gasteiger partial charge in [-0.15, -0.1) is 28.3 Å². The van der Waals surface area contributed by atoms with Crippen LogP contribution in [0.1, 0.15) is 18.9 Å². The molecule has 0 atom stereocenters. The van der Waals surface area contributed by atoms with Crippen LogP contribution in [0, 0.1) is 0 Å². The average Bonchev–Trinajstić information content (AvgIpc) is 3.11. The Morgan fingerprint density at radius 2 is 2.15 bits per heavy atom. The van der Waals surface area contributed by atoms with E-state index in [2.05, 4.69) is 46.5 Å². The summed E-state index contributed by atoms with van der Waals surface area (Å²) in [5.74, 6) is 0. The molecule has 0 spiro atoms.